The highest BCUT2D eigenvalue weighted by atomic mass is 32.1. The average molecular weight is 354 g/mol. The van der Waals surface area contributed by atoms with Gasteiger partial charge < -0.3 is 9.26 Å². The first-order chi connectivity index (χ1) is 12.3. The van der Waals surface area contributed by atoms with E-state index in [9.17, 15) is 4.79 Å². The molecule has 9 nitrogen and oxygen atoms in total. The lowest BCUT2D eigenvalue weighted by Crippen LogP contribution is -2.05. The van der Waals surface area contributed by atoms with Gasteiger partial charge in [-0.25, -0.2) is 14.8 Å². The molecule has 0 atom stereocenters. The molecule has 0 radical (unpaired) electrons. The minimum atomic E-state index is -0.558. The Morgan fingerprint density at radius 1 is 1.24 bits per heavy atom. The van der Waals surface area contributed by atoms with Crippen molar-refractivity contribution in [3.63, 3.8) is 0 Å². The first kappa shape index (κ1) is 15.1. The molecule has 0 aliphatic carbocycles. The van der Waals surface area contributed by atoms with Crippen LogP contribution in [-0.4, -0.2) is 36.3 Å². The second-order valence-corrected chi connectivity index (χ2v) is 5.68. The lowest BCUT2D eigenvalue weighted by atomic mass is 10.2. The van der Waals surface area contributed by atoms with E-state index in [0.29, 0.717) is 5.82 Å². The lowest BCUT2D eigenvalue weighted by Gasteiger charge is -1.98. The molecule has 1 aromatic carbocycles. The van der Waals surface area contributed by atoms with Crippen LogP contribution in [0.1, 0.15) is 16.4 Å². The maximum absolute atomic E-state index is 12.1. The number of H-pyrrole nitrogens is 1. The minimum Gasteiger partial charge on any atom is -0.451 e. The highest BCUT2D eigenvalue weighted by molar-refractivity contribution is 7.13. The van der Waals surface area contributed by atoms with Crippen LogP contribution in [0.3, 0.4) is 0 Å². The van der Waals surface area contributed by atoms with Crippen LogP contribution >= 0.6 is 11.3 Å². The van der Waals surface area contributed by atoms with E-state index in [2.05, 4.69) is 30.3 Å². The van der Waals surface area contributed by atoms with Crippen molar-refractivity contribution >= 4 is 17.3 Å². The highest BCUT2D eigenvalue weighted by Crippen LogP contribution is 2.23. The Hall–Kier alpha value is -3.40. The Kier molecular flexibility index (Phi) is 4.01. The van der Waals surface area contributed by atoms with Crippen molar-refractivity contribution in [3.8, 4) is 22.2 Å². The van der Waals surface area contributed by atoms with Crippen LogP contribution in [0.4, 0.5) is 0 Å². The van der Waals surface area contributed by atoms with Gasteiger partial charge in [0.15, 0.2) is 18.1 Å². The summed E-state index contributed by atoms with van der Waals surface area (Å²) in [5.74, 6) is 0.202. The molecule has 0 aliphatic rings. The number of esters is 1. The van der Waals surface area contributed by atoms with Gasteiger partial charge in [-0.1, -0.05) is 35.5 Å². The molecular weight excluding hydrogens is 344 g/mol. The van der Waals surface area contributed by atoms with Crippen molar-refractivity contribution in [1.82, 2.24) is 30.3 Å². The number of thiazole rings is 1. The number of ether oxygens (including phenoxy) is 1. The Labute approximate surface area is 144 Å². The highest BCUT2D eigenvalue weighted by Gasteiger charge is 2.16. The quantitative estimate of drug-likeness (QED) is 0.542. The van der Waals surface area contributed by atoms with Crippen LogP contribution in [-0.2, 0) is 11.3 Å². The second-order valence-electron chi connectivity index (χ2n) is 4.83. The van der Waals surface area contributed by atoms with Gasteiger partial charge in [0.2, 0.25) is 5.82 Å². The zero-order valence-electron chi connectivity index (χ0n) is 12.6. The van der Waals surface area contributed by atoms with Crippen LogP contribution < -0.4 is 0 Å². The normalized spacial score (nSPS) is 10.7. The van der Waals surface area contributed by atoms with E-state index in [0.717, 1.165) is 10.6 Å². The molecule has 4 rings (SSSR count). The van der Waals surface area contributed by atoms with Gasteiger partial charge in [-0.15, -0.1) is 11.3 Å². The number of nitrogens with zero attached hydrogens (tertiary/aromatic N) is 5. The molecule has 0 unspecified atom stereocenters. The van der Waals surface area contributed by atoms with Crippen LogP contribution in [0.2, 0.25) is 0 Å². The van der Waals surface area contributed by atoms with Crippen molar-refractivity contribution in [3.05, 3.63) is 53.6 Å². The van der Waals surface area contributed by atoms with Gasteiger partial charge in [0, 0.05) is 10.9 Å². The molecule has 0 saturated carbocycles. The summed E-state index contributed by atoms with van der Waals surface area (Å²) in [5, 5.41) is 12.4. The van der Waals surface area contributed by atoms with Crippen molar-refractivity contribution < 1.29 is 14.1 Å². The van der Waals surface area contributed by atoms with Gasteiger partial charge in [-0.05, 0) is 0 Å². The third kappa shape index (κ3) is 3.28. The molecular formula is C15H10N6O3S. The molecule has 0 spiro atoms. The van der Waals surface area contributed by atoms with Gasteiger partial charge in [0.25, 0.3) is 5.89 Å². The van der Waals surface area contributed by atoms with E-state index >= 15 is 0 Å². The molecule has 0 bridgehead atoms. The maximum Gasteiger partial charge on any atom is 0.358 e. The third-order valence-electron chi connectivity index (χ3n) is 3.16. The molecule has 4 aromatic rings. The monoisotopic (exact) mass is 354 g/mol. The Bertz CT molecular complexity index is 980. The van der Waals surface area contributed by atoms with Gasteiger partial charge in [-0.2, -0.15) is 10.1 Å². The van der Waals surface area contributed by atoms with Gasteiger partial charge in [0.1, 0.15) is 11.3 Å². The minimum absolute atomic E-state index is 0.151. The third-order valence-corrected chi connectivity index (χ3v) is 4.05. The molecule has 0 aliphatic heterocycles. The number of carbonyl (C=O) groups excluding carboxylic acids is 1. The first-order valence-corrected chi connectivity index (χ1v) is 8.04. The maximum atomic E-state index is 12.1. The van der Waals surface area contributed by atoms with Gasteiger partial charge in [-0.3, -0.25) is 5.10 Å². The van der Waals surface area contributed by atoms with E-state index in [1.165, 1.54) is 17.7 Å². The zero-order valence-corrected chi connectivity index (χ0v) is 13.4. The number of nitrogens with one attached hydrogen (secondary N) is 1. The summed E-state index contributed by atoms with van der Waals surface area (Å²) in [5.41, 5.74) is 1.18. The summed E-state index contributed by atoms with van der Waals surface area (Å²) in [6.45, 7) is -0.155. The van der Waals surface area contributed by atoms with Crippen LogP contribution in [0.15, 0.2) is 46.6 Å². The fourth-order valence-electron chi connectivity index (χ4n) is 2.00. The zero-order chi connectivity index (χ0) is 17.1. The number of benzene rings is 1. The summed E-state index contributed by atoms with van der Waals surface area (Å²) in [6, 6.07) is 9.60. The van der Waals surface area contributed by atoms with Crippen molar-refractivity contribution in [2.75, 3.05) is 0 Å². The van der Waals surface area contributed by atoms with E-state index in [4.69, 9.17) is 9.26 Å². The Morgan fingerprint density at radius 2 is 2.12 bits per heavy atom. The van der Waals surface area contributed by atoms with E-state index < -0.39 is 5.97 Å². The van der Waals surface area contributed by atoms with E-state index in [1.54, 1.807) is 5.38 Å². The fourth-order valence-corrected chi connectivity index (χ4v) is 2.80. The molecule has 0 fully saturated rings. The fraction of sp³-hybridized carbons (Fsp3) is 0.0667. The molecule has 25 heavy (non-hydrogen) atoms. The lowest BCUT2D eigenvalue weighted by molar-refractivity contribution is 0.0424. The van der Waals surface area contributed by atoms with Crippen LogP contribution in [0.5, 0.6) is 0 Å². The van der Waals surface area contributed by atoms with Crippen LogP contribution in [0.25, 0.3) is 22.2 Å². The molecule has 124 valence electrons. The van der Waals surface area contributed by atoms with E-state index in [1.807, 2.05) is 30.3 Å². The summed E-state index contributed by atoms with van der Waals surface area (Å²) in [7, 11) is 0. The van der Waals surface area contributed by atoms with Crippen molar-refractivity contribution in [2.45, 2.75) is 6.61 Å². The van der Waals surface area contributed by atoms with Crippen molar-refractivity contribution in [2.24, 2.45) is 0 Å². The van der Waals surface area contributed by atoms with Gasteiger partial charge in [0.05, 0.1) is 0 Å². The number of aromatic amines is 1. The molecule has 10 heteroatoms. The molecule has 3 aromatic heterocycles. The number of aromatic nitrogens is 6. The number of hydrogen-bond acceptors (Lipinski definition) is 9. The molecule has 0 amide bonds. The Morgan fingerprint density at radius 3 is 2.92 bits per heavy atom. The summed E-state index contributed by atoms with van der Waals surface area (Å²) >= 11 is 1.37. The standard InChI is InChI=1S/C15H10N6O3S/c22-15(10-7-25-14(18-10)9-4-2-1-3-5-9)23-6-11-19-13(21-24-11)12-16-8-17-20-12/h1-5,7-8H,6H2,(H,16,17,20). The predicted octanol–water partition coefficient (Wildman–Crippen LogP) is 2.34. The number of rotatable bonds is 5. The molecule has 1 N–H and O–H groups in total. The largest absolute Gasteiger partial charge is 0.451 e. The molecule has 0 saturated heterocycles. The SMILES string of the molecule is O=C(OCc1nc(-c2ncn[nH]2)no1)c1csc(-c2ccccc2)n1. The first-order valence-electron chi connectivity index (χ1n) is 7.16. The summed E-state index contributed by atoms with van der Waals surface area (Å²) in [4.78, 5) is 24.4. The van der Waals surface area contributed by atoms with Crippen LogP contribution in [0, 0.1) is 0 Å². The predicted molar refractivity (Wildman–Crippen MR) is 86.3 cm³/mol. The molecule has 3 heterocycles. The topological polar surface area (TPSA) is 120 Å². The smallest absolute Gasteiger partial charge is 0.358 e. The van der Waals surface area contributed by atoms with Crippen molar-refractivity contribution in [1.29, 1.82) is 0 Å². The average Bonchev–Trinajstić information content (AvgIpc) is 3.41. The Balaban J connectivity index is 1.40. The number of hydrogen-bond donors (Lipinski definition) is 1. The summed E-state index contributed by atoms with van der Waals surface area (Å²) < 4.78 is 10.2. The summed E-state index contributed by atoms with van der Waals surface area (Å²) in [6.07, 6.45) is 1.33. The van der Waals surface area contributed by atoms with Gasteiger partial charge >= 0.3 is 5.97 Å². The number of carbonyl (C=O) groups is 1. The second kappa shape index (κ2) is 6.61. The van der Waals surface area contributed by atoms with E-state index in [-0.39, 0.29) is 24.0 Å².